The molecule has 0 atom stereocenters. The van der Waals surface area contributed by atoms with Gasteiger partial charge in [-0.25, -0.2) is 4.79 Å². The molecule has 2 aromatic carbocycles. The van der Waals surface area contributed by atoms with Crippen molar-refractivity contribution < 1.29 is 14.5 Å². The Hall–Kier alpha value is -2.80. The maximum Gasteiger partial charge on any atom is 0.323 e. The van der Waals surface area contributed by atoms with Crippen LogP contribution in [0.1, 0.15) is 0 Å². The number of urea groups is 1. The first kappa shape index (κ1) is 15.6. The van der Waals surface area contributed by atoms with Crippen molar-refractivity contribution in [2.75, 3.05) is 17.7 Å². The molecule has 2 N–H and O–H groups in total. The predicted octanol–water partition coefficient (Wildman–Crippen LogP) is 3.90. The first-order valence-electron chi connectivity index (χ1n) is 6.15. The van der Waals surface area contributed by atoms with Gasteiger partial charge in [0.1, 0.15) is 5.75 Å². The first-order chi connectivity index (χ1) is 10.5. The van der Waals surface area contributed by atoms with Crippen LogP contribution in [0.3, 0.4) is 0 Å². The molecule has 0 heterocycles. The highest BCUT2D eigenvalue weighted by molar-refractivity contribution is 6.32. The second-order valence-corrected chi connectivity index (χ2v) is 4.64. The van der Waals surface area contributed by atoms with Crippen molar-refractivity contribution in [2.24, 2.45) is 0 Å². The summed E-state index contributed by atoms with van der Waals surface area (Å²) in [6.45, 7) is 0. The number of nitro groups is 1. The van der Waals surface area contributed by atoms with Crippen LogP contribution in [-0.4, -0.2) is 18.1 Å². The Morgan fingerprint density at radius 2 is 1.73 bits per heavy atom. The van der Waals surface area contributed by atoms with Crippen molar-refractivity contribution in [3.8, 4) is 5.75 Å². The molecule has 0 aliphatic carbocycles. The summed E-state index contributed by atoms with van der Waals surface area (Å²) in [6, 6.07) is 9.83. The van der Waals surface area contributed by atoms with E-state index in [1.807, 2.05) is 0 Å². The number of halogens is 1. The molecule has 0 aliphatic heterocycles. The van der Waals surface area contributed by atoms with E-state index in [9.17, 15) is 14.9 Å². The number of amides is 2. The summed E-state index contributed by atoms with van der Waals surface area (Å²) in [7, 11) is 1.50. The highest BCUT2D eigenvalue weighted by Crippen LogP contribution is 2.27. The zero-order valence-corrected chi connectivity index (χ0v) is 12.3. The second-order valence-electron chi connectivity index (χ2n) is 4.23. The summed E-state index contributed by atoms with van der Waals surface area (Å²) in [5.41, 5.74) is 0.876. The highest BCUT2D eigenvalue weighted by atomic mass is 35.5. The summed E-state index contributed by atoms with van der Waals surface area (Å²) in [5.74, 6) is 0.503. The molecule has 0 saturated carbocycles. The number of anilines is 2. The first-order valence-corrected chi connectivity index (χ1v) is 6.53. The van der Waals surface area contributed by atoms with Gasteiger partial charge in [0.2, 0.25) is 0 Å². The minimum Gasteiger partial charge on any atom is -0.495 e. The number of hydrogen-bond donors (Lipinski definition) is 2. The molecule has 2 rings (SSSR count). The Bertz CT molecular complexity index is 704. The summed E-state index contributed by atoms with van der Waals surface area (Å²) < 4.78 is 5.02. The molecule has 8 heteroatoms. The third-order valence-corrected chi connectivity index (χ3v) is 3.04. The van der Waals surface area contributed by atoms with Crippen LogP contribution < -0.4 is 15.4 Å². The predicted molar refractivity (Wildman–Crippen MR) is 83.7 cm³/mol. The molecule has 22 heavy (non-hydrogen) atoms. The van der Waals surface area contributed by atoms with Crippen LogP contribution >= 0.6 is 11.6 Å². The van der Waals surface area contributed by atoms with Crippen LogP contribution in [0.2, 0.25) is 5.02 Å². The number of carbonyl (C=O) groups excluding carboxylic acids is 1. The third-order valence-electron chi connectivity index (χ3n) is 2.75. The van der Waals surface area contributed by atoms with E-state index in [0.717, 1.165) is 0 Å². The minimum atomic E-state index is -0.511. The molecule has 0 bridgehead atoms. The number of nitro benzene ring substituents is 1. The number of methoxy groups -OCH3 is 1. The van der Waals surface area contributed by atoms with Gasteiger partial charge in [0.15, 0.2) is 0 Å². The van der Waals surface area contributed by atoms with Crippen LogP contribution in [0.5, 0.6) is 5.75 Å². The van der Waals surface area contributed by atoms with E-state index >= 15 is 0 Å². The van der Waals surface area contributed by atoms with Crippen molar-refractivity contribution in [1.29, 1.82) is 0 Å². The molecular weight excluding hydrogens is 310 g/mol. The Balaban J connectivity index is 2.00. The van der Waals surface area contributed by atoms with Crippen LogP contribution in [0.4, 0.5) is 21.9 Å². The summed E-state index contributed by atoms with van der Waals surface area (Å²) in [6.07, 6.45) is 0. The quantitative estimate of drug-likeness (QED) is 0.659. The Labute approximate surface area is 131 Å². The number of rotatable bonds is 4. The van der Waals surface area contributed by atoms with E-state index in [4.69, 9.17) is 16.3 Å². The summed E-state index contributed by atoms with van der Waals surface area (Å²) in [4.78, 5) is 21.9. The molecular formula is C14H12ClN3O4. The van der Waals surface area contributed by atoms with E-state index in [-0.39, 0.29) is 5.69 Å². The van der Waals surface area contributed by atoms with Gasteiger partial charge in [0, 0.05) is 23.5 Å². The molecule has 0 aliphatic rings. The summed E-state index contributed by atoms with van der Waals surface area (Å²) >= 11 is 5.96. The zero-order valence-electron chi connectivity index (χ0n) is 11.5. The van der Waals surface area contributed by atoms with Crippen LogP contribution in [0.25, 0.3) is 0 Å². The molecule has 0 saturated heterocycles. The average Bonchev–Trinajstić information content (AvgIpc) is 2.48. The maximum atomic E-state index is 11.8. The van der Waals surface area contributed by atoms with Gasteiger partial charge < -0.3 is 15.4 Å². The number of benzene rings is 2. The molecule has 114 valence electrons. The topological polar surface area (TPSA) is 93.5 Å². The van der Waals surface area contributed by atoms with Crippen molar-refractivity contribution in [1.82, 2.24) is 0 Å². The summed E-state index contributed by atoms with van der Waals surface area (Å²) in [5, 5.41) is 16.1. The van der Waals surface area contributed by atoms with Crippen LogP contribution in [0.15, 0.2) is 42.5 Å². The number of nitrogens with zero attached hydrogens (tertiary/aromatic N) is 1. The van der Waals surface area contributed by atoms with Gasteiger partial charge in [-0.05, 0) is 30.3 Å². The van der Waals surface area contributed by atoms with Gasteiger partial charge in [-0.15, -0.1) is 0 Å². The standard InChI is InChI=1S/C14H12ClN3O4/c1-22-13-7-4-10(8-12(13)15)17-14(19)16-9-2-5-11(6-3-9)18(20)21/h2-8H,1H3,(H2,16,17,19). The van der Waals surface area contributed by atoms with Gasteiger partial charge in [-0.2, -0.15) is 0 Å². The normalized spacial score (nSPS) is 9.91. The minimum absolute atomic E-state index is 0.0482. The van der Waals surface area contributed by atoms with Crippen molar-refractivity contribution in [3.05, 3.63) is 57.6 Å². The SMILES string of the molecule is COc1ccc(NC(=O)Nc2ccc([N+](=O)[O-])cc2)cc1Cl. The zero-order chi connectivity index (χ0) is 16.1. The largest absolute Gasteiger partial charge is 0.495 e. The lowest BCUT2D eigenvalue weighted by atomic mass is 10.3. The van der Waals surface area contributed by atoms with E-state index in [0.29, 0.717) is 22.1 Å². The fraction of sp³-hybridized carbons (Fsp3) is 0.0714. The van der Waals surface area contributed by atoms with E-state index in [2.05, 4.69) is 10.6 Å². The van der Waals surface area contributed by atoms with Crippen molar-refractivity contribution in [2.45, 2.75) is 0 Å². The highest BCUT2D eigenvalue weighted by Gasteiger charge is 2.08. The van der Waals surface area contributed by atoms with Crippen molar-refractivity contribution >= 4 is 34.7 Å². The third kappa shape index (κ3) is 3.86. The molecule has 0 spiro atoms. The molecule has 0 radical (unpaired) electrons. The lowest BCUT2D eigenvalue weighted by molar-refractivity contribution is -0.384. The van der Waals surface area contributed by atoms with E-state index < -0.39 is 11.0 Å². The number of non-ortho nitro benzene ring substituents is 1. The van der Waals surface area contributed by atoms with E-state index in [1.54, 1.807) is 18.2 Å². The van der Waals surface area contributed by atoms with Gasteiger partial charge >= 0.3 is 6.03 Å². The van der Waals surface area contributed by atoms with Gasteiger partial charge in [0.05, 0.1) is 17.1 Å². The van der Waals surface area contributed by atoms with E-state index in [1.165, 1.54) is 31.4 Å². The lowest BCUT2D eigenvalue weighted by Gasteiger charge is -2.09. The van der Waals surface area contributed by atoms with Crippen molar-refractivity contribution in [3.63, 3.8) is 0 Å². The monoisotopic (exact) mass is 321 g/mol. The molecule has 2 aromatic rings. The number of carbonyl (C=O) groups is 1. The molecule has 0 fully saturated rings. The molecule has 0 unspecified atom stereocenters. The Morgan fingerprint density at radius 3 is 2.27 bits per heavy atom. The van der Waals surface area contributed by atoms with Crippen LogP contribution in [-0.2, 0) is 0 Å². The van der Waals surface area contributed by atoms with Gasteiger partial charge in [-0.3, -0.25) is 10.1 Å². The molecule has 2 amide bonds. The molecule has 0 aromatic heterocycles. The lowest BCUT2D eigenvalue weighted by Crippen LogP contribution is -2.19. The van der Waals surface area contributed by atoms with Gasteiger partial charge in [-0.1, -0.05) is 11.6 Å². The fourth-order valence-corrected chi connectivity index (χ4v) is 1.96. The van der Waals surface area contributed by atoms with Crippen LogP contribution in [0, 0.1) is 10.1 Å². The second kappa shape index (κ2) is 6.77. The number of nitrogens with one attached hydrogen (secondary N) is 2. The Morgan fingerprint density at radius 1 is 1.14 bits per heavy atom. The average molecular weight is 322 g/mol. The smallest absolute Gasteiger partial charge is 0.323 e. The van der Waals surface area contributed by atoms with Gasteiger partial charge in [0.25, 0.3) is 5.69 Å². The maximum absolute atomic E-state index is 11.8. The fourth-order valence-electron chi connectivity index (χ4n) is 1.70. The number of hydrogen-bond acceptors (Lipinski definition) is 4. The Kier molecular flexibility index (Phi) is 4.80. The number of ether oxygens (including phenoxy) is 1. The molecule has 7 nitrogen and oxygen atoms in total.